The van der Waals surface area contributed by atoms with Crippen LogP contribution in [-0.4, -0.2) is 33.0 Å². The molecule has 0 radical (unpaired) electrons. The minimum absolute atomic E-state index is 0.0336. The van der Waals surface area contributed by atoms with E-state index in [1.54, 1.807) is 0 Å². The number of hydrogen-bond donors (Lipinski definition) is 2. The molecular weight excluding hydrogens is 453 g/mol. The predicted octanol–water partition coefficient (Wildman–Crippen LogP) is 6.67. The van der Waals surface area contributed by atoms with Crippen molar-refractivity contribution in [3.63, 3.8) is 0 Å². The SMILES string of the molecule is CC(C)CN(c1ccc([C@@H](C)CC(=O)O)cc1Nc1nc(C(F)(F)F)ns1)C1CCCCC1. The van der Waals surface area contributed by atoms with Crippen molar-refractivity contribution in [1.29, 1.82) is 0 Å². The second kappa shape index (κ2) is 10.7. The fraction of sp³-hybridized carbons (Fsp3) is 0.609. The van der Waals surface area contributed by atoms with Crippen LogP contribution in [-0.2, 0) is 11.0 Å². The standard InChI is InChI=1S/C23H31F3N4O2S/c1-14(2)13-30(17-7-5-4-6-8-17)19-10-9-16(15(3)11-20(31)32)12-18(19)27-22-28-21(29-33-22)23(24,25)26/h9-10,12,14-15,17H,4-8,11,13H2,1-3H3,(H,31,32)(H,27,28,29)/t15-/m0/s1. The van der Waals surface area contributed by atoms with Crippen LogP contribution in [0.25, 0.3) is 0 Å². The number of carbonyl (C=O) groups is 1. The van der Waals surface area contributed by atoms with Crippen LogP contribution in [0.2, 0.25) is 0 Å². The summed E-state index contributed by atoms with van der Waals surface area (Å²) in [6, 6.07) is 6.07. The molecule has 1 atom stereocenters. The number of carboxylic acids is 1. The van der Waals surface area contributed by atoms with Gasteiger partial charge in [0, 0.05) is 24.1 Å². The van der Waals surface area contributed by atoms with Gasteiger partial charge >= 0.3 is 12.1 Å². The number of anilines is 3. The van der Waals surface area contributed by atoms with E-state index in [0.29, 0.717) is 29.2 Å². The Balaban J connectivity index is 2.01. The van der Waals surface area contributed by atoms with Gasteiger partial charge in [-0.05, 0) is 42.4 Å². The smallest absolute Gasteiger partial charge is 0.452 e. The minimum atomic E-state index is -4.61. The van der Waals surface area contributed by atoms with Gasteiger partial charge in [-0.25, -0.2) is 0 Å². The number of halogens is 3. The van der Waals surface area contributed by atoms with Crippen molar-refractivity contribution >= 4 is 34.0 Å². The fourth-order valence-electron chi connectivity index (χ4n) is 4.33. The van der Waals surface area contributed by atoms with Crippen molar-refractivity contribution in [1.82, 2.24) is 9.36 Å². The Morgan fingerprint density at radius 3 is 2.52 bits per heavy atom. The molecule has 1 aromatic carbocycles. The molecule has 0 spiro atoms. The van der Waals surface area contributed by atoms with Gasteiger partial charge < -0.3 is 15.3 Å². The second-order valence-electron chi connectivity index (χ2n) is 9.16. The number of rotatable bonds is 9. The van der Waals surface area contributed by atoms with Gasteiger partial charge in [0.2, 0.25) is 11.0 Å². The third kappa shape index (κ3) is 6.82. The first-order valence-electron chi connectivity index (χ1n) is 11.3. The lowest BCUT2D eigenvalue weighted by Gasteiger charge is -2.38. The summed E-state index contributed by atoms with van der Waals surface area (Å²) in [5.74, 6) is -1.92. The molecule has 1 aliphatic carbocycles. The highest BCUT2D eigenvalue weighted by atomic mass is 32.1. The molecule has 0 amide bonds. The van der Waals surface area contributed by atoms with E-state index in [0.717, 1.165) is 43.5 Å². The number of benzene rings is 1. The highest BCUT2D eigenvalue weighted by Gasteiger charge is 2.36. The fourth-order valence-corrected chi connectivity index (χ4v) is 4.93. The molecule has 1 heterocycles. The van der Waals surface area contributed by atoms with Crippen LogP contribution in [0.1, 0.15) is 76.6 Å². The lowest BCUT2D eigenvalue weighted by atomic mass is 9.92. The molecule has 6 nitrogen and oxygen atoms in total. The summed E-state index contributed by atoms with van der Waals surface area (Å²) in [4.78, 5) is 17.2. The predicted molar refractivity (Wildman–Crippen MR) is 124 cm³/mol. The van der Waals surface area contributed by atoms with Crippen molar-refractivity contribution in [3.05, 3.63) is 29.6 Å². The average Bonchev–Trinajstić information content (AvgIpc) is 3.21. The van der Waals surface area contributed by atoms with Gasteiger partial charge in [-0.15, -0.1) is 0 Å². The van der Waals surface area contributed by atoms with E-state index in [9.17, 15) is 23.1 Å². The molecule has 0 aliphatic heterocycles. The average molecular weight is 485 g/mol. The molecule has 1 aliphatic rings. The van der Waals surface area contributed by atoms with Crippen LogP contribution >= 0.6 is 11.5 Å². The van der Waals surface area contributed by atoms with Gasteiger partial charge in [0.15, 0.2) is 0 Å². The number of carboxylic acid groups (broad SMARTS) is 1. The molecule has 0 bridgehead atoms. The summed E-state index contributed by atoms with van der Waals surface area (Å²) >= 11 is 0.661. The van der Waals surface area contributed by atoms with Gasteiger partial charge in [0.25, 0.3) is 0 Å². The maximum absolute atomic E-state index is 13.0. The summed E-state index contributed by atoms with van der Waals surface area (Å²) in [6.45, 7) is 6.93. The van der Waals surface area contributed by atoms with E-state index in [2.05, 4.69) is 33.4 Å². The quantitative estimate of drug-likeness (QED) is 0.414. The summed E-state index contributed by atoms with van der Waals surface area (Å²) in [5.41, 5.74) is 2.32. The summed E-state index contributed by atoms with van der Waals surface area (Å²) in [7, 11) is 0. The largest absolute Gasteiger partial charge is 0.481 e. The van der Waals surface area contributed by atoms with E-state index in [-0.39, 0.29) is 17.5 Å². The lowest BCUT2D eigenvalue weighted by Crippen LogP contribution is -2.39. The second-order valence-corrected chi connectivity index (χ2v) is 9.91. The third-order valence-corrected chi connectivity index (χ3v) is 6.51. The first kappa shape index (κ1) is 25.3. The Bertz CT molecular complexity index is 942. The molecular formula is C23H31F3N4O2S. The topological polar surface area (TPSA) is 78.4 Å². The van der Waals surface area contributed by atoms with Crippen molar-refractivity contribution in [3.8, 4) is 0 Å². The van der Waals surface area contributed by atoms with Crippen LogP contribution in [0.3, 0.4) is 0 Å². The van der Waals surface area contributed by atoms with Gasteiger partial charge in [0.1, 0.15) is 0 Å². The zero-order valence-corrected chi connectivity index (χ0v) is 20.0. The Kier molecular flexibility index (Phi) is 8.20. The van der Waals surface area contributed by atoms with Crippen molar-refractivity contribution in [2.75, 3.05) is 16.8 Å². The van der Waals surface area contributed by atoms with Gasteiger partial charge in [-0.2, -0.15) is 22.5 Å². The van der Waals surface area contributed by atoms with Gasteiger partial charge in [-0.3, -0.25) is 4.79 Å². The Morgan fingerprint density at radius 2 is 1.94 bits per heavy atom. The van der Waals surface area contributed by atoms with Crippen LogP contribution < -0.4 is 10.2 Å². The van der Waals surface area contributed by atoms with Crippen LogP contribution in [0.4, 0.5) is 29.7 Å². The van der Waals surface area contributed by atoms with E-state index in [1.807, 2.05) is 25.1 Å². The first-order chi connectivity index (χ1) is 15.5. The molecule has 0 saturated heterocycles. The number of nitrogens with zero attached hydrogens (tertiary/aromatic N) is 3. The zero-order valence-electron chi connectivity index (χ0n) is 19.2. The lowest BCUT2D eigenvalue weighted by molar-refractivity contribution is -0.144. The molecule has 182 valence electrons. The summed E-state index contributed by atoms with van der Waals surface area (Å²) in [5, 5.41) is 12.3. The molecule has 0 unspecified atom stereocenters. The molecule has 3 rings (SSSR count). The Labute approximate surface area is 196 Å². The number of aromatic nitrogens is 2. The van der Waals surface area contributed by atoms with E-state index in [4.69, 9.17) is 0 Å². The Morgan fingerprint density at radius 1 is 1.24 bits per heavy atom. The monoisotopic (exact) mass is 484 g/mol. The summed E-state index contributed by atoms with van der Waals surface area (Å²) < 4.78 is 42.5. The molecule has 1 saturated carbocycles. The maximum Gasteiger partial charge on any atom is 0.452 e. The number of hydrogen-bond acceptors (Lipinski definition) is 6. The molecule has 1 aromatic heterocycles. The van der Waals surface area contributed by atoms with E-state index >= 15 is 0 Å². The van der Waals surface area contributed by atoms with Crippen molar-refractivity contribution in [2.45, 2.75) is 77.4 Å². The third-order valence-electron chi connectivity index (χ3n) is 5.88. The molecule has 33 heavy (non-hydrogen) atoms. The minimum Gasteiger partial charge on any atom is -0.481 e. The highest BCUT2D eigenvalue weighted by Crippen LogP contribution is 2.38. The van der Waals surface area contributed by atoms with Crippen molar-refractivity contribution in [2.24, 2.45) is 5.92 Å². The van der Waals surface area contributed by atoms with E-state index in [1.165, 1.54) is 6.42 Å². The maximum atomic E-state index is 13.0. The Hall–Kier alpha value is -2.36. The molecule has 10 heteroatoms. The molecule has 2 N–H and O–H groups in total. The first-order valence-corrected chi connectivity index (χ1v) is 12.1. The summed E-state index contributed by atoms with van der Waals surface area (Å²) in [6.07, 6.45) is 1.02. The van der Waals surface area contributed by atoms with Crippen LogP contribution in [0, 0.1) is 5.92 Å². The zero-order chi connectivity index (χ0) is 24.2. The van der Waals surface area contributed by atoms with Gasteiger partial charge in [-0.1, -0.05) is 46.1 Å². The van der Waals surface area contributed by atoms with Crippen LogP contribution in [0.5, 0.6) is 0 Å². The van der Waals surface area contributed by atoms with Gasteiger partial charge in [0.05, 0.1) is 17.8 Å². The van der Waals surface area contributed by atoms with E-state index < -0.39 is 18.0 Å². The number of aliphatic carboxylic acids is 1. The normalized spacial score (nSPS) is 16.1. The highest BCUT2D eigenvalue weighted by molar-refractivity contribution is 7.09. The molecule has 2 aromatic rings. The van der Waals surface area contributed by atoms with Crippen LogP contribution in [0.15, 0.2) is 18.2 Å². The van der Waals surface area contributed by atoms with Crippen molar-refractivity contribution < 1.29 is 23.1 Å². The molecule has 1 fully saturated rings. The number of alkyl halides is 3. The number of nitrogens with one attached hydrogen (secondary N) is 1.